The molecule has 0 saturated carbocycles. The van der Waals surface area contributed by atoms with E-state index < -0.39 is 17.0 Å². The van der Waals surface area contributed by atoms with Gasteiger partial charge in [0.15, 0.2) is 11.2 Å². The summed E-state index contributed by atoms with van der Waals surface area (Å²) >= 11 is 14.3. The molecule has 0 bridgehead atoms. The van der Waals surface area contributed by atoms with E-state index in [1.54, 1.807) is 0 Å². The lowest BCUT2D eigenvalue weighted by atomic mass is 9.91. The monoisotopic (exact) mass is 492 g/mol. The minimum absolute atomic E-state index is 0.576. The van der Waals surface area contributed by atoms with Gasteiger partial charge in [-0.2, -0.15) is 0 Å². The van der Waals surface area contributed by atoms with Gasteiger partial charge in [-0.1, -0.05) is 120 Å². The highest BCUT2D eigenvalue weighted by Crippen LogP contribution is 2.65. The minimum Gasteiger partial charge on any atom is -0.321 e. The maximum atomic E-state index is 7.13. The molecule has 2 nitrogen and oxygen atoms in total. The van der Waals surface area contributed by atoms with Gasteiger partial charge in [-0.3, -0.25) is 0 Å². The molecule has 0 unspecified atom stereocenters. The number of benzene rings is 4. The smallest absolute Gasteiger partial charge is 0.214 e. The molecular formula is C31H18Cl2O2. The molecule has 8 rings (SSSR count). The Morgan fingerprint density at radius 2 is 0.714 bits per heavy atom. The van der Waals surface area contributed by atoms with Gasteiger partial charge in [-0.25, -0.2) is 0 Å². The molecule has 35 heavy (non-hydrogen) atoms. The first kappa shape index (κ1) is 20.1. The van der Waals surface area contributed by atoms with E-state index in [9.17, 15) is 0 Å². The topological polar surface area (TPSA) is 18.5 Å². The van der Waals surface area contributed by atoms with Crippen molar-refractivity contribution in [3.05, 3.63) is 142 Å². The average molecular weight is 493 g/mol. The summed E-state index contributed by atoms with van der Waals surface area (Å²) in [6.07, 6.45) is 3.77. The molecule has 3 spiro atoms. The molecule has 0 N–H and O–H groups in total. The molecule has 0 radical (unpaired) electrons. The Kier molecular flexibility index (Phi) is 3.75. The molecule has 4 aromatic carbocycles. The lowest BCUT2D eigenvalue weighted by molar-refractivity contribution is -0.222. The number of halogens is 2. The van der Waals surface area contributed by atoms with Crippen LogP contribution in [0.5, 0.6) is 0 Å². The van der Waals surface area contributed by atoms with Crippen molar-refractivity contribution in [2.45, 2.75) is 17.0 Å². The van der Waals surface area contributed by atoms with Gasteiger partial charge in [0, 0.05) is 22.3 Å². The van der Waals surface area contributed by atoms with E-state index in [0.717, 1.165) is 44.5 Å². The van der Waals surface area contributed by atoms with Crippen LogP contribution in [-0.2, 0) is 20.7 Å². The second kappa shape index (κ2) is 6.54. The first-order valence-electron chi connectivity index (χ1n) is 11.7. The van der Waals surface area contributed by atoms with Gasteiger partial charge >= 0.3 is 0 Å². The van der Waals surface area contributed by atoms with Gasteiger partial charge in [0.2, 0.25) is 5.79 Å². The third-order valence-corrected chi connectivity index (χ3v) is 8.51. The molecule has 0 saturated heterocycles. The molecule has 2 heterocycles. The second-order valence-electron chi connectivity index (χ2n) is 9.45. The van der Waals surface area contributed by atoms with Crippen LogP contribution in [0.1, 0.15) is 22.3 Å². The van der Waals surface area contributed by atoms with Gasteiger partial charge in [-0.15, -0.1) is 0 Å². The molecule has 2 aliphatic heterocycles. The van der Waals surface area contributed by atoms with Gasteiger partial charge in [0.1, 0.15) is 0 Å². The number of hydrogen-bond acceptors (Lipinski definition) is 2. The summed E-state index contributed by atoms with van der Waals surface area (Å²) in [6.45, 7) is 0. The van der Waals surface area contributed by atoms with Crippen molar-refractivity contribution in [2.75, 3.05) is 0 Å². The first-order valence-corrected chi connectivity index (χ1v) is 12.4. The van der Waals surface area contributed by atoms with Crippen LogP contribution in [0.25, 0.3) is 22.3 Å². The molecule has 4 aromatic rings. The molecule has 4 heteroatoms. The van der Waals surface area contributed by atoms with Crippen molar-refractivity contribution in [1.29, 1.82) is 0 Å². The van der Waals surface area contributed by atoms with Crippen molar-refractivity contribution in [3.63, 3.8) is 0 Å². The highest BCUT2D eigenvalue weighted by atomic mass is 35.5. The Morgan fingerprint density at radius 1 is 0.429 bits per heavy atom. The molecular weight excluding hydrogens is 475 g/mol. The fourth-order valence-electron chi connectivity index (χ4n) is 6.44. The third kappa shape index (κ3) is 2.25. The third-order valence-electron chi connectivity index (χ3n) is 7.76. The molecule has 0 fully saturated rings. The normalized spacial score (nSPS) is 20.5. The fraction of sp³-hybridized carbons (Fsp3) is 0.0968. The zero-order chi connectivity index (χ0) is 23.4. The van der Waals surface area contributed by atoms with E-state index in [1.165, 1.54) is 0 Å². The Morgan fingerprint density at radius 3 is 1.03 bits per heavy atom. The number of ether oxygens (including phenoxy) is 2. The Bertz CT molecular complexity index is 1430. The van der Waals surface area contributed by atoms with E-state index in [1.807, 2.05) is 60.7 Å². The van der Waals surface area contributed by atoms with Crippen LogP contribution in [0.15, 0.2) is 119 Å². The highest BCUT2D eigenvalue weighted by Gasteiger charge is 2.63. The summed E-state index contributed by atoms with van der Waals surface area (Å²) in [7, 11) is 0. The van der Waals surface area contributed by atoms with Gasteiger partial charge in [-0.05, 0) is 34.4 Å². The molecule has 0 atom stereocenters. The summed E-state index contributed by atoms with van der Waals surface area (Å²) in [6, 6.07) is 33.1. The van der Waals surface area contributed by atoms with Crippen molar-refractivity contribution in [2.24, 2.45) is 0 Å². The van der Waals surface area contributed by atoms with Crippen LogP contribution in [0.4, 0.5) is 0 Å². The van der Waals surface area contributed by atoms with Gasteiger partial charge in [0.05, 0.1) is 10.1 Å². The van der Waals surface area contributed by atoms with Crippen molar-refractivity contribution >= 4 is 23.2 Å². The first-order chi connectivity index (χ1) is 17.1. The SMILES string of the molecule is ClC1=CC2(C=C(Cl)C3(O2)c2ccccc2-c2ccccc23)OC12c1ccccc1-c1ccccc12. The quantitative estimate of drug-likeness (QED) is 0.249. The van der Waals surface area contributed by atoms with E-state index in [2.05, 4.69) is 48.5 Å². The van der Waals surface area contributed by atoms with Crippen molar-refractivity contribution in [1.82, 2.24) is 0 Å². The summed E-state index contributed by atoms with van der Waals surface area (Å²) in [5, 5.41) is 1.15. The number of rotatable bonds is 0. The van der Waals surface area contributed by atoms with Gasteiger partial charge < -0.3 is 9.47 Å². The van der Waals surface area contributed by atoms with Crippen LogP contribution in [-0.4, -0.2) is 5.79 Å². The lowest BCUT2D eigenvalue weighted by Crippen LogP contribution is -2.39. The standard InChI is InChI=1S/C31H18Cl2O2/c32-27-17-29(34-30(27)23-13-5-1-9-19(23)20-10-2-6-14-24(20)30)18-28(33)31(35-29)25-15-7-3-11-21(25)22-12-4-8-16-26(22)31/h1-18H. The summed E-state index contributed by atoms with van der Waals surface area (Å²) in [4.78, 5) is 0. The molecule has 0 amide bonds. The van der Waals surface area contributed by atoms with Crippen LogP contribution in [0.2, 0.25) is 0 Å². The number of fused-ring (bicyclic) bond motifs is 10. The summed E-state index contributed by atoms with van der Waals surface area (Å²) in [5.74, 6) is -1.22. The Hall–Kier alpha value is -3.14. The van der Waals surface area contributed by atoms with E-state index >= 15 is 0 Å². The predicted octanol–water partition coefficient (Wildman–Crippen LogP) is 7.84. The largest absolute Gasteiger partial charge is 0.321 e. The van der Waals surface area contributed by atoms with Crippen LogP contribution in [0.3, 0.4) is 0 Å². The maximum absolute atomic E-state index is 7.13. The van der Waals surface area contributed by atoms with Crippen molar-refractivity contribution in [3.8, 4) is 22.3 Å². The van der Waals surface area contributed by atoms with Gasteiger partial charge in [0.25, 0.3) is 0 Å². The predicted molar refractivity (Wildman–Crippen MR) is 138 cm³/mol. The second-order valence-corrected chi connectivity index (χ2v) is 10.3. The maximum Gasteiger partial charge on any atom is 0.214 e. The Labute approximate surface area is 213 Å². The zero-order valence-electron chi connectivity index (χ0n) is 18.5. The minimum atomic E-state index is -1.22. The van der Waals surface area contributed by atoms with Crippen LogP contribution in [0, 0.1) is 0 Å². The summed E-state index contributed by atoms with van der Waals surface area (Å²) in [5.41, 5.74) is 6.62. The molecule has 168 valence electrons. The summed E-state index contributed by atoms with van der Waals surface area (Å²) < 4.78 is 14.0. The highest BCUT2D eigenvalue weighted by molar-refractivity contribution is 6.33. The Balaban J connectivity index is 1.34. The van der Waals surface area contributed by atoms with Crippen LogP contribution < -0.4 is 0 Å². The average Bonchev–Trinajstić information content (AvgIpc) is 3.54. The number of hydrogen-bond donors (Lipinski definition) is 0. The molecule has 4 aliphatic rings. The van der Waals surface area contributed by atoms with Crippen LogP contribution >= 0.6 is 23.2 Å². The van der Waals surface area contributed by atoms with E-state index in [-0.39, 0.29) is 0 Å². The molecule has 2 aliphatic carbocycles. The fourth-order valence-corrected chi connectivity index (χ4v) is 7.23. The van der Waals surface area contributed by atoms with Crippen molar-refractivity contribution < 1.29 is 9.47 Å². The van der Waals surface area contributed by atoms with E-state index in [4.69, 9.17) is 32.7 Å². The molecule has 0 aromatic heterocycles. The lowest BCUT2D eigenvalue weighted by Gasteiger charge is -2.35. The van der Waals surface area contributed by atoms with E-state index in [0.29, 0.717) is 10.1 Å². The zero-order valence-corrected chi connectivity index (χ0v) is 20.0.